The van der Waals surface area contributed by atoms with Crippen molar-refractivity contribution in [1.82, 2.24) is 9.97 Å². The summed E-state index contributed by atoms with van der Waals surface area (Å²) in [7, 11) is 1.93. The van der Waals surface area contributed by atoms with E-state index in [-0.39, 0.29) is 0 Å². The summed E-state index contributed by atoms with van der Waals surface area (Å²) < 4.78 is 0. The molecule has 2 aliphatic carbocycles. The zero-order valence-electron chi connectivity index (χ0n) is 12.2. The van der Waals surface area contributed by atoms with Gasteiger partial charge < -0.3 is 10.6 Å². The summed E-state index contributed by atoms with van der Waals surface area (Å²) in [6.07, 6.45) is 6.51. The van der Waals surface area contributed by atoms with E-state index in [9.17, 15) is 0 Å². The highest BCUT2D eigenvalue weighted by atomic mass is 15.1. The summed E-state index contributed by atoms with van der Waals surface area (Å²) >= 11 is 0. The molecule has 4 nitrogen and oxygen atoms in total. The van der Waals surface area contributed by atoms with Gasteiger partial charge in [0.1, 0.15) is 17.5 Å². The normalized spacial score (nSPS) is 20.8. The minimum absolute atomic E-state index is 0.469. The highest BCUT2D eigenvalue weighted by molar-refractivity contribution is 5.57. The Morgan fingerprint density at radius 2 is 1.89 bits per heavy atom. The lowest BCUT2D eigenvalue weighted by Gasteiger charge is -2.38. The fourth-order valence-electron chi connectivity index (χ4n) is 2.73. The molecule has 1 heterocycles. The fourth-order valence-corrected chi connectivity index (χ4v) is 2.73. The van der Waals surface area contributed by atoms with Crippen molar-refractivity contribution < 1.29 is 0 Å². The summed E-state index contributed by atoms with van der Waals surface area (Å²) in [6, 6.07) is 0. The van der Waals surface area contributed by atoms with E-state index in [4.69, 9.17) is 4.98 Å². The van der Waals surface area contributed by atoms with Crippen molar-refractivity contribution in [3.8, 4) is 0 Å². The number of nitrogens with zero attached hydrogens (tertiary/aromatic N) is 2. The number of anilines is 2. The lowest BCUT2D eigenvalue weighted by Crippen LogP contribution is -2.33. The van der Waals surface area contributed by atoms with Crippen LogP contribution < -0.4 is 10.6 Å². The van der Waals surface area contributed by atoms with Crippen molar-refractivity contribution in [1.29, 1.82) is 0 Å². The van der Waals surface area contributed by atoms with E-state index in [0.29, 0.717) is 11.3 Å². The summed E-state index contributed by atoms with van der Waals surface area (Å²) in [5.74, 6) is 3.59. The van der Waals surface area contributed by atoms with Crippen LogP contribution in [0.1, 0.15) is 56.3 Å². The van der Waals surface area contributed by atoms with Crippen LogP contribution in [0.2, 0.25) is 0 Å². The first kappa shape index (κ1) is 12.7. The molecule has 3 rings (SSSR count). The summed E-state index contributed by atoms with van der Waals surface area (Å²) in [4.78, 5) is 9.37. The highest BCUT2D eigenvalue weighted by Crippen LogP contribution is 2.41. The molecule has 0 unspecified atom stereocenters. The molecule has 104 valence electrons. The van der Waals surface area contributed by atoms with Gasteiger partial charge in [-0.2, -0.15) is 0 Å². The molecule has 0 spiro atoms. The molecule has 1 aromatic rings. The molecule has 4 heteroatoms. The molecule has 0 radical (unpaired) electrons. The average molecular weight is 260 g/mol. The quantitative estimate of drug-likeness (QED) is 0.853. The van der Waals surface area contributed by atoms with Crippen LogP contribution >= 0.6 is 0 Å². The van der Waals surface area contributed by atoms with Crippen LogP contribution in [-0.4, -0.2) is 23.6 Å². The Bertz CT molecular complexity index is 475. The van der Waals surface area contributed by atoms with Gasteiger partial charge in [0, 0.05) is 25.1 Å². The van der Waals surface area contributed by atoms with E-state index >= 15 is 0 Å². The predicted molar refractivity (Wildman–Crippen MR) is 78.7 cm³/mol. The van der Waals surface area contributed by atoms with E-state index in [1.165, 1.54) is 32.1 Å². The molecule has 2 saturated carbocycles. The highest BCUT2D eigenvalue weighted by Gasteiger charge is 2.32. The topological polar surface area (TPSA) is 49.8 Å². The maximum Gasteiger partial charge on any atom is 0.136 e. The molecule has 2 aliphatic rings. The van der Waals surface area contributed by atoms with Crippen LogP contribution in [0, 0.1) is 12.3 Å². The van der Waals surface area contributed by atoms with Gasteiger partial charge in [0.05, 0.1) is 0 Å². The molecule has 19 heavy (non-hydrogen) atoms. The number of aromatic nitrogens is 2. The zero-order chi connectivity index (χ0) is 13.5. The maximum absolute atomic E-state index is 4.74. The third-order valence-corrected chi connectivity index (χ3v) is 4.59. The second kappa shape index (κ2) is 4.66. The predicted octanol–water partition coefficient (Wildman–Crippen LogP) is 3.31. The second-order valence-corrected chi connectivity index (χ2v) is 6.45. The Kier molecular flexibility index (Phi) is 3.11. The molecule has 2 fully saturated rings. The molecule has 0 aliphatic heterocycles. The van der Waals surface area contributed by atoms with Crippen molar-refractivity contribution in [3.05, 3.63) is 11.4 Å². The second-order valence-electron chi connectivity index (χ2n) is 6.45. The standard InChI is InChI=1S/C15H24N4/c1-10-12(16-3)18-14(11-5-6-11)19-13(10)17-9-15(2)7-4-8-15/h11H,4-9H2,1-3H3,(H2,16,17,18,19). The molecular weight excluding hydrogens is 236 g/mol. The van der Waals surface area contributed by atoms with E-state index in [2.05, 4.69) is 29.5 Å². The van der Waals surface area contributed by atoms with Crippen molar-refractivity contribution in [2.45, 2.75) is 51.9 Å². The number of nitrogens with one attached hydrogen (secondary N) is 2. The largest absolute Gasteiger partial charge is 0.373 e. The van der Waals surface area contributed by atoms with Crippen molar-refractivity contribution >= 4 is 11.6 Å². The molecule has 0 amide bonds. The molecule has 0 aromatic carbocycles. The van der Waals surface area contributed by atoms with Crippen LogP contribution in [0.4, 0.5) is 11.6 Å². The van der Waals surface area contributed by atoms with Gasteiger partial charge in [-0.05, 0) is 38.0 Å². The summed E-state index contributed by atoms with van der Waals surface area (Å²) in [5, 5.41) is 6.75. The number of hydrogen-bond donors (Lipinski definition) is 2. The van der Waals surface area contributed by atoms with E-state index in [1.807, 2.05) is 7.05 Å². The summed E-state index contributed by atoms with van der Waals surface area (Å²) in [5.41, 5.74) is 1.60. The van der Waals surface area contributed by atoms with Crippen LogP contribution in [0.25, 0.3) is 0 Å². The molecule has 0 saturated heterocycles. The first-order chi connectivity index (χ1) is 9.11. The van der Waals surface area contributed by atoms with E-state index < -0.39 is 0 Å². The van der Waals surface area contributed by atoms with Gasteiger partial charge in [-0.3, -0.25) is 0 Å². The lowest BCUT2D eigenvalue weighted by molar-refractivity contribution is 0.180. The zero-order valence-corrected chi connectivity index (χ0v) is 12.2. The van der Waals surface area contributed by atoms with Gasteiger partial charge in [-0.25, -0.2) is 9.97 Å². The van der Waals surface area contributed by atoms with Crippen LogP contribution in [0.3, 0.4) is 0 Å². The molecule has 0 atom stereocenters. The van der Waals surface area contributed by atoms with Crippen LogP contribution in [0.5, 0.6) is 0 Å². The van der Waals surface area contributed by atoms with Gasteiger partial charge >= 0.3 is 0 Å². The SMILES string of the molecule is CNc1nc(C2CC2)nc(NCC2(C)CCC2)c1C. The monoisotopic (exact) mass is 260 g/mol. The summed E-state index contributed by atoms with van der Waals surface area (Å²) in [6.45, 7) is 5.48. The first-order valence-electron chi connectivity index (χ1n) is 7.41. The molecule has 2 N–H and O–H groups in total. The first-order valence-corrected chi connectivity index (χ1v) is 7.41. The fraction of sp³-hybridized carbons (Fsp3) is 0.733. The Hall–Kier alpha value is -1.32. The van der Waals surface area contributed by atoms with Crippen molar-refractivity contribution in [3.63, 3.8) is 0 Å². The van der Waals surface area contributed by atoms with Crippen LogP contribution in [0.15, 0.2) is 0 Å². The molecule has 0 bridgehead atoms. The Morgan fingerprint density at radius 3 is 2.42 bits per heavy atom. The third-order valence-electron chi connectivity index (χ3n) is 4.59. The van der Waals surface area contributed by atoms with Gasteiger partial charge in [-0.1, -0.05) is 13.3 Å². The maximum atomic E-state index is 4.74. The average Bonchev–Trinajstić information content (AvgIpc) is 3.19. The van der Waals surface area contributed by atoms with Gasteiger partial charge in [-0.15, -0.1) is 0 Å². The van der Waals surface area contributed by atoms with E-state index in [0.717, 1.165) is 29.6 Å². The molecular formula is C15H24N4. The minimum atomic E-state index is 0.469. The Balaban J connectivity index is 1.79. The van der Waals surface area contributed by atoms with Gasteiger partial charge in [0.2, 0.25) is 0 Å². The van der Waals surface area contributed by atoms with Gasteiger partial charge in [0.15, 0.2) is 0 Å². The Labute approximate surface area is 115 Å². The third kappa shape index (κ3) is 2.53. The minimum Gasteiger partial charge on any atom is -0.373 e. The number of hydrogen-bond acceptors (Lipinski definition) is 4. The van der Waals surface area contributed by atoms with Crippen LogP contribution in [-0.2, 0) is 0 Å². The molecule has 1 aromatic heterocycles. The van der Waals surface area contributed by atoms with E-state index in [1.54, 1.807) is 0 Å². The number of rotatable bonds is 5. The Morgan fingerprint density at radius 1 is 1.21 bits per heavy atom. The smallest absolute Gasteiger partial charge is 0.136 e. The van der Waals surface area contributed by atoms with Gasteiger partial charge in [0.25, 0.3) is 0 Å². The van der Waals surface area contributed by atoms with Crippen molar-refractivity contribution in [2.75, 3.05) is 24.2 Å². The lowest BCUT2D eigenvalue weighted by atomic mass is 9.70. The van der Waals surface area contributed by atoms with Crippen molar-refractivity contribution in [2.24, 2.45) is 5.41 Å².